The Labute approximate surface area is 168 Å². The molecule has 2 heterocycles. The highest BCUT2D eigenvalue weighted by Gasteiger charge is 2.37. The molecule has 0 radical (unpaired) electrons. The molecule has 7 nitrogen and oxygen atoms in total. The van der Waals surface area contributed by atoms with Gasteiger partial charge in [0.2, 0.25) is 20.0 Å². The summed E-state index contributed by atoms with van der Waals surface area (Å²) < 4.78 is 56.5. The number of nitrogens with zero attached hydrogens (tertiary/aromatic N) is 2. The standard InChI is InChI=1S/C19H29N3O4S2/c1-14-11-16-12-17(15-5-3-4-6-15)20-27(23,24)19(16)13-18(14)28(25,26)22-9-7-21(2)8-10-22/h11,13,15,17,20H,3-10,12H2,1-2H3. The topological polar surface area (TPSA) is 86.8 Å². The second-order valence-electron chi connectivity index (χ2n) is 8.41. The second-order valence-corrected chi connectivity index (χ2v) is 12.0. The molecule has 1 N–H and O–H groups in total. The minimum atomic E-state index is -3.71. The van der Waals surface area contributed by atoms with Crippen molar-refractivity contribution in [2.24, 2.45) is 5.92 Å². The van der Waals surface area contributed by atoms with Gasteiger partial charge < -0.3 is 4.90 Å². The zero-order chi connectivity index (χ0) is 20.1. The van der Waals surface area contributed by atoms with E-state index in [4.69, 9.17) is 0 Å². The minimum absolute atomic E-state index is 0.0838. The Morgan fingerprint density at radius 3 is 2.36 bits per heavy atom. The third kappa shape index (κ3) is 3.63. The summed E-state index contributed by atoms with van der Waals surface area (Å²) in [7, 11) is -5.46. The van der Waals surface area contributed by atoms with E-state index in [-0.39, 0.29) is 15.8 Å². The Kier molecular flexibility index (Phi) is 5.33. The van der Waals surface area contributed by atoms with Crippen molar-refractivity contribution in [3.8, 4) is 0 Å². The van der Waals surface area contributed by atoms with E-state index in [9.17, 15) is 16.8 Å². The smallest absolute Gasteiger partial charge is 0.243 e. The first-order chi connectivity index (χ1) is 13.2. The number of aryl methyl sites for hydroxylation is 1. The van der Waals surface area contributed by atoms with E-state index in [0.29, 0.717) is 44.1 Å². The quantitative estimate of drug-likeness (QED) is 0.786. The van der Waals surface area contributed by atoms with Gasteiger partial charge in [-0.3, -0.25) is 0 Å². The lowest BCUT2D eigenvalue weighted by molar-refractivity contribution is 0.222. The van der Waals surface area contributed by atoms with Crippen LogP contribution < -0.4 is 4.72 Å². The van der Waals surface area contributed by atoms with Gasteiger partial charge in [0.25, 0.3) is 0 Å². The van der Waals surface area contributed by atoms with Gasteiger partial charge in [0.15, 0.2) is 0 Å². The van der Waals surface area contributed by atoms with Crippen LogP contribution in [0.5, 0.6) is 0 Å². The molecule has 0 aromatic heterocycles. The van der Waals surface area contributed by atoms with E-state index in [1.54, 1.807) is 13.0 Å². The number of sulfonamides is 2. The number of hydrogen-bond donors (Lipinski definition) is 1. The van der Waals surface area contributed by atoms with Crippen molar-refractivity contribution in [1.82, 2.24) is 13.9 Å². The van der Waals surface area contributed by atoms with E-state index in [0.717, 1.165) is 31.2 Å². The summed E-state index contributed by atoms with van der Waals surface area (Å²) in [5.74, 6) is 0.372. The molecule has 1 saturated carbocycles. The molecule has 2 fully saturated rings. The van der Waals surface area contributed by atoms with Crippen LogP contribution in [0.3, 0.4) is 0 Å². The lowest BCUT2D eigenvalue weighted by Crippen LogP contribution is -2.47. The molecule has 1 aromatic carbocycles. The van der Waals surface area contributed by atoms with Crippen molar-refractivity contribution in [3.63, 3.8) is 0 Å². The summed E-state index contributed by atoms with van der Waals surface area (Å²) >= 11 is 0. The van der Waals surface area contributed by atoms with Crippen molar-refractivity contribution in [3.05, 3.63) is 23.3 Å². The molecule has 1 atom stereocenters. The van der Waals surface area contributed by atoms with Gasteiger partial charge in [0.1, 0.15) is 0 Å². The Bertz CT molecular complexity index is 961. The molecule has 1 unspecified atom stereocenters. The van der Waals surface area contributed by atoms with E-state index >= 15 is 0 Å². The average molecular weight is 428 g/mol. The first kappa shape index (κ1) is 20.3. The maximum atomic E-state index is 13.2. The lowest BCUT2D eigenvalue weighted by atomic mass is 9.92. The van der Waals surface area contributed by atoms with Gasteiger partial charge in [-0.25, -0.2) is 21.6 Å². The second kappa shape index (κ2) is 7.36. The molecule has 0 amide bonds. The number of piperazine rings is 1. The Morgan fingerprint density at radius 2 is 1.71 bits per heavy atom. The average Bonchev–Trinajstić information content (AvgIpc) is 3.15. The fourth-order valence-corrected chi connectivity index (χ4v) is 8.04. The molecular formula is C19H29N3O4S2. The van der Waals surface area contributed by atoms with Crippen molar-refractivity contribution >= 4 is 20.0 Å². The molecular weight excluding hydrogens is 398 g/mol. The fraction of sp³-hybridized carbons (Fsp3) is 0.684. The number of benzene rings is 1. The maximum absolute atomic E-state index is 13.2. The van der Waals surface area contributed by atoms with Crippen molar-refractivity contribution in [1.29, 1.82) is 0 Å². The maximum Gasteiger partial charge on any atom is 0.243 e. The van der Waals surface area contributed by atoms with E-state index in [1.807, 2.05) is 7.05 Å². The Morgan fingerprint density at radius 1 is 1.07 bits per heavy atom. The summed E-state index contributed by atoms with van der Waals surface area (Å²) in [5.41, 5.74) is 1.37. The molecule has 156 valence electrons. The number of nitrogens with one attached hydrogen (secondary N) is 1. The monoisotopic (exact) mass is 427 g/mol. The van der Waals surface area contributed by atoms with Crippen molar-refractivity contribution in [2.45, 2.75) is 54.9 Å². The normalized spacial score (nSPS) is 27.0. The van der Waals surface area contributed by atoms with Crippen LogP contribution in [0, 0.1) is 12.8 Å². The van der Waals surface area contributed by atoms with Crippen LogP contribution in [-0.4, -0.2) is 65.3 Å². The van der Waals surface area contributed by atoms with Crippen molar-refractivity contribution < 1.29 is 16.8 Å². The molecule has 1 aromatic rings. The van der Waals surface area contributed by atoms with Gasteiger partial charge >= 0.3 is 0 Å². The van der Waals surface area contributed by atoms with Crippen molar-refractivity contribution in [2.75, 3.05) is 33.2 Å². The van der Waals surface area contributed by atoms with Crippen LogP contribution >= 0.6 is 0 Å². The number of fused-ring (bicyclic) bond motifs is 1. The molecule has 1 aliphatic carbocycles. The van der Waals surface area contributed by atoms with E-state index in [1.165, 1.54) is 10.4 Å². The SMILES string of the molecule is Cc1cc2c(cc1S(=O)(=O)N1CCN(C)CC1)S(=O)(=O)NC(C1CCCC1)C2. The molecule has 4 rings (SSSR count). The van der Waals surface area contributed by atoms with Gasteiger partial charge in [-0.1, -0.05) is 18.9 Å². The highest BCUT2D eigenvalue weighted by Crippen LogP contribution is 2.36. The summed E-state index contributed by atoms with van der Waals surface area (Å²) in [5, 5.41) is 0. The van der Waals surface area contributed by atoms with Crippen LogP contribution in [0.2, 0.25) is 0 Å². The van der Waals surface area contributed by atoms with Crippen LogP contribution in [0.25, 0.3) is 0 Å². The zero-order valence-electron chi connectivity index (χ0n) is 16.5. The molecule has 1 saturated heterocycles. The number of likely N-dealkylation sites (N-methyl/N-ethyl adjacent to an activating group) is 1. The van der Waals surface area contributed by atoms with E-state index in [2.05, 4.69) is 9.62 Å². The molecule has 28 heavy (non-hydrogen) atoms. The molecule has 9 heteroatoms. The Balaban J connectivity index is 1.69. The van der Waals surface area contributed by atoms with Crippen LogP contribution in [0.4, 0.5) is 0 Å². The molecule has 2 aliphatic heterocycles. The van der Waals surface area contributed by atoms with Gasteiger partial charge in [0.05, 0.1) is 9.79 Å². The highest BCUT2D eigenvalue weighted by molar-refractivity contribution is 7.90. The fourth-order valence-electron chi connectivity index (χ4n) is 4.75. The summed E-state index contributed by atoms with van der Waals surface area (Å²) in [6.07, 6.45) is 5.04. The summed E-state index contributed by atoms with van der Waals surface area (Å²) in [6.45, 7) is 3.95. The lowest BCUT2D eigenvalue weighted by Gasteiger charge is -2.33. The van der Waals surface area contributed by atoms with Gasteiger partial charge in [-0.2, -0.15) is 4.31 Å². The van der Waals surface area contributed by atoms with Gasteiger partial charge in [-0.15, -0.1) is 0 Å². The molecule has 0 bridgehead atoms. The third-order valence-corrected chi connectivity index (χ3v) is 10.1. The number of rotatable bonds is 3. The van der Waals surface area contributed by atoms with Crippen LogP contribution in [0.15, 0.2) is 21.9 Å². The summed E-state index contributed by atoms with van der Waals surface area (Å²) in [4.78, 5) is 2.32. The van der Waals surface area contributed by atoms with Crippen LogP contribution in [-0.2, 0) is 26.5 Å². The molecule has 3 aliphatic rings. The van der Waals surface area contributed by atoms with Crippen LogP contribution in [0.1, 0.15) is 36.8 Å². The largest absolute Gasteiger partial charge is 0.304 e. The highest BCUT2D eigenvalue weighted by atomic mass is 32.2. The zero-order valence-corrected chi connectivity index (χ0v) is 18.2. The first-order valence-corrected chi connectivity index (χ1v) is 13.0. The molecule has 0 spiro atoms. The first-order valence-electron chi connectivity index (χ1n) is 10.0. The Hall–Kier alpha value is -1.00. The third-order valence-electron chi connectivity index (χ3n) is 6.44. The predicted octanol–water partition coefficient (Wildman–Crippen LogP) is 1.32. The van der Waals surface area contributed by atoms with Gasteiger partial charge in [0, 0.05) is 32.2 Å². The van der Waals surface area contributed by atoms with E-state index < -0.39 is 20.0 Å². The summed E-state index contributed by atoms with van der Waals surface area (Å²) in [6, 6.07) is 3.07. The predicted molar refractivity (Wildman–Crippen MR) is 107 cm³/mol. The number of hydrogen-bond acceptors (Lipinski definition) is 5. The minimum Gasteiger partial charge on any atom is -0.304 e. The van der Waals surface area contributed by atoms with Gasteiger partial charge in [-0.05, 0) is 56.3 Å².